The third kappa shape index (κ3) is 4.53. The molecule has 4 aromatic rings. The van der Waals surface area contributed by atoms with Gasteiger partial charge in [-0.3, -0.25) is 18.7 Å². The number of alkyl halides is 1. The lowest BCUT2D eigenvalue weighted by atomic mass is 9.96. The van der Waals surface area contributed by atoms with Crippen molar-refractivity contribution in [3.05, 3.63) is 51.8 Å². The van der Waals surface area contributed by atoms with Crippen LogP contribution >= 0.6 is 0 Å². The number of carbonyl (C=O) groups excluding carboxylic acids is 1. The van der Waals surface area contributed by atoms with E-state index >= 15 is 0 Å². The summed E-state index contributed by atoms with van der Waals surface area (Å²) in [5.41, 5.74) is -1.33. The zero-order valence-corrected chi connectivity index (χ0v) is 21.4. The quantitative estimate of drug-likeness (QED) is 0.409. The molecule has 1 atom stereocenters. The monoisotopic (exact) mass is 522 g/mol. The van der Waals surface area contributed by atoms with E-state index in [9.17, 15) is 18.8 Å². The van der Waals surface area contributed by atoms with Crippen LogP contribution in [0.15, 0.2) is 40.6 Å². The second kappa shape index (κ2) is 9.43. The summed E-state index contributed by atoms with van der Waals surface area (Å²) in [5.74, 6) is 0.632. The number of carbonyl (C=O) groups is 1. The fraction of sp³-hybridized carbons (Fsp3) is 0.417. The van der Waals surface area contributed by atoms with Gasteiger partial charge < -0.3 is 14.8 Å². The predicted octanol–water partition coefficient (Wildman–Crippen LogP) is 1.21. The molecule has 0 unspecified atom stereocenters. The molecule has 1 amide bonds. The van der Waals surface area contributed by atoms with Gasteiger partial charge in [-0.2, -0.15) is 0 Å². The molecule has 5 rings (SSSR count). The number of amides is 1. The van der Waals surface area contributed by atoms with Crippen LogP contribution in [0.3, 0.4) is 0 Å². The summed E-state index contributed by atoms with van der Waals surface area (Å²) >= 11 is 0. The van der Waals surface area contributed by atoms with Gasteiger partial charge in [0.05, 0.1) is 11.9 Å². The minimum absolute atomic E-state index is 0.141. The van der Waals surface area contributed by atoms with Gasteiger partial charge in [-0.25, -0.2) is 34.1 Å². The number of rotatable bonds is 5. The van der Waals surface area contributed by atoms with Gasteiger partial charge in [0.15, 0.2) is 17.0 Å². The smallest absolute Gasteiger partial charge is 0.332 e. The number of fused-ring (bicyclic) bond motifs is 1. The summed E-state index contributed by atoms with van der Waals surface area (Å²) in [6, 6.07) is 0.710. The highest BCUT2D eigenvalue weighted by molar-refractivity contribution is 5.93. The number of nitrogens with one attached hydrogen (secondary N) is 1. The molecule has 13 nitrogen and oxygen atoms in total. The highest BCUT2D eigenvalue weighted by Gasteiger charge is 2.30. The van der Waals surface area contributed by atoms with Crippen molar-refractivity contribution in [2.45, 2.75) is 38.4 Å². The Hall–Kier alpha value is -4.49. The molecule has 0 aromatic carbocycles. The van der Waals surface area contributed by atoms with Crippen LogP contribution in [0.1, 0.15) is 32.7 Å². The molecule has 0 aliphatic carbocycles. The van der Waals surface area contributed by atoms with Crippen LogP contribution < -0.4 is 21.5 Å². The Morgan fingerprint density at radius 2 is 1.76 bits per heavy atom. The topological polar surface area (TPSA) is 146 Å². The van der Waals surface area contributed by atoms with Crippen LogP contribution in [-0.4, -0.2) is 63.3 Å². The van der Waals surface area contributed by atoms with Crippen molar-refractivity contribution >= 4 is 28.8 Å². The van der Waals surface area contributed by atoms with Gasteiger partial charge in [0, 0.05) is 45.8 Å². The Labute approximate surface area is 216 Å². The number of aryl methyl sites for hydroxylation is 1. The van der Waals surface area contributed by atoms with Crippen molar-refractivity contribution in [3.63, 3.8) is 0 Å². The zero-order chi connectivity index (χ0) is 27.2. The molecule has 1 aliphatic rings. The summed E-state index contributed by atoms with van der Waals surface area (Å²) in [6.07, 6.45) is 6.88. The lowest BCUT2D eigenvalue weighted by Crippen LogP contribution is -2.40. The Morgan fingerprint density at radius 3 is 2.45 bits per heavy atom. The molecule has 1 saturated heterocycles. The van der Waals surface area contributed by atoms with Gasteiger partial charge >= 0.3 is 5.69 Å². The minimum atomic E-state index is -1.16. The van der Waals surface area contributed by atoms with Crippen LogP contribution in [0.2, 0.25) is 0 Å². The zero-order valence-electron chi connectivity index (χ0n) is 21.4. The summed E-state index contributed by atoms with van der Waals surface area (Å²) in [5, 5.41) is 2.74. The van der Waals surface area contributed by atoms with Gasteiger partial charge in [0.25, 0.3) is 5.56 Å². The number of hydrogen-bond donors (Lipinski definition) is 1. The van der Waals surface area contributed by atoms with Crippen LogP contribution in [0.4, 0.5) is 16.2 Å². The molecule has 0 radical (unpaired) electrons. The molecular weight excluding hydrogens is 495 g/mol. The summed E-state index contributed by atoms with van der Waals surface area (Å²) in [4.78, 5) is 61.5. The van der Waals surface area contributed by atoms with E-state index in [1.165, 1.54) is 35.8 Å². The Bertz CT molecular complexity index is 1630. The summed E-state index contributed by atoms with van der Waals surface area (Å²) < 4.78 is 17.7. The van der Waals surface area contributed by atoms with Gasteiger partial charge in [0.1, 0.15) is 17.5 Å². The van der Waals surface area contributed by atoms with E-state index in [0.717, 1.165) is 4.57 Å². The average molecular weight is 523 g/mol. The second-order valence-electron chi connectivity index (χ2n) is 9.63. The standard InChI is InChI=1S/C24H27FN10O3/c1-14(35-13-29-19-17(35)21(37)33(4)23(38)32(19)3)20(36)31-16-5-8-26-18(30-16)15-11-27-22(28-12-15)34-9-6-24(2,25)7-10-34/h5,8,11-14H,6-7,9-10H2,1-4H3,(H,26,30,31,36)/t14-/m0/s1. The number of aromatic nitrogens is 8. The third-order valence-corrected chi connectivity index (χ3v) is 6.86. The highest BCUT2D eigenvalue weighted by Crippen LogP contribution is 2.27. The Kier molecular flexibility index (Phi) is 6.25. The van der Waals surface area contributed by atoms with Gasteiger partial charge in [0.2, 0.25) is 11.9 Å². The Balaban J connectivity index is 1.33. The fourth-order valence-electron chi connectivity index (χ4n) is 4.36. The van der Waals surface area contributed by atoms with Crippen molar-refractivity contribution in [1.29, 1.82) is 0 Å². The predicted molar refractivity (Wildman–Crippen MR) is 138 cm³/mol. The van der Waals surface area contributed by atoms with Crippen molar-refractivity contribution in [2.75, 3.05) is 23.3 Å². The SMILES string of the molecule is C[C@@H](C(=O)Nc1ccnc(-c2cnc(N3CCC(C)(F)CC3)nc2)n1)n1cnc2c1c(=O)n(C)c(=O)n2C. The molecule has 198 valence electrons. The van der Waals surface area contributed by atoms with Crippen molar-refractivity contribution in [3.8, 4) is 11.4 Å². The summed E-state index contributed by atoms with van der Waals surface area (Å²) in [6.45, 7) is 4.30. The van der Waals surface area contributed by atoms with Gasteiger partial charge in [-0.05, 0) is 32.8 Å². The van der Waals surface area contributed by atoms with E-state index in [-0.39, 0.29) is 17.0 Å². The van der Waals surface area contributed by atoms with E-state index in [2.05, 4.69) is 30.2 Å². The third-order valence-electron chi connectivity index (χ3n) is 6.86. The maximum absolute atomic E-state index is 14.1. The molecule has 1 fully saturated rings. The van der Waals surface area contributed by atoms with Crippen molar-refractivity contribution in [1.82, 2.24) is 38.6 Å². The first-order valence-corrected chi connectivity index (χ1v) is 12.1. The van der Waals surface area contributed by atoms with Crippen LogP contribution in [0.5, 0.6) is 0 Å². The van der Waals surface area contributed by atoms with E-state index in [0.29, 0.717) is 43.3 Å². The van der Waals surface area contributed by atoms with Crippen LogP contribution in [0, 0.1) is 0 Å². The number of hydrogen-bond acceptors (Lipinski definition) is 9. The molecule has 38 heavy (non-hydrogen) atoms. The molecule has 4 aromatic heterocycles. The lowest BCUT2D eigenvalue weighted by molar-refractivity contribution is -0.118. The first-order valence-electron chi connectivity index (χ1n) is 12.1. The molecule has 14 heteroatoms. The van der Waals surface area contributed by atoms with Crippen molar-refractivity contribution in [2.24, 2.45) is 14.1 Å². The van der Waals surface area contributed by atoms with E-state index in [1.54, 1.807) is 32.3 Å². The largest absolute Gasteiger partial charge is 0.341 e. The highest BCUT2D eigenvalue weighted by atomic mass is 19.1. The van der Waals surface area contributed by atoms with E-state index < -0.39 is 28.9 Å². The molecule has 0 saturated carbocycles. The van der Waals surface area contributed by atoms with E-state index in [4.69, 9.17) is 0 Å². The average Bonchev–Trinajstić information content (AvgIpc) is 3.36. The first-order chi connectivity index (χ1) is 18.1. The number of imidazole rings is 1. The van der Waals surface area contributed by atoms with Crippen LogP contribution in [-0.2, 0) is 18.9 Å². The maximum atomic E-state index is 14.1. The first kappa shape index (κ1) is 25.2. The fourth-order valence-corrected chi connectivity index (χ4v) is 4.36. The number of nitrogens with zero attached hydrogens (tertiary/aromatic N) is 9. The molecule has 0 spiro atoms. The molecular formula is C24H27FN10O3. The molecule has 5 heterocycles. The van der Waals surface area contributed by atoms with E-state index in [1.807, 2.05) is 4.90 Å². The maximum Gasteiger partial charge on any atom is 0.332 e. The van der Waals surface area contributed by atoms with Crippen LogP contribution in [0.25, 0.3) is 22.6 Å². The molecule has 1 N–H and O–H groups in total. The summed E-state index contributed by atoms with van der Waals surface area (Å²) in [7, 11) is 2.88. The number of piperidine rings is 1. The van der Waals surface area contributed by atoms with Gasteiger partial charge in [-0.1, -0.05) is 0 Å². The number of anilines is 2. The number of halogens is 1. The molecule has 1 aliphatic heterocycles. The minimum Gasteiger partial charge on any atom is -0.341 e. The second-order valence-corrected chi connectivity index (χ2v) is 9.63. The molecule has 0 bridgehead atoms. The normalized spacial score (nSPS) is 16.0. The van der Waals surface area contributed by atoms with Gasteiger partial charge in [-0.15, -0.1) is 0 Å². The van der Waals surface area contributed by atoms with Crippen molar-refractivity contribution < 1.29 is 9.18 Å². The lowest BCUT2D eigenvalue weighted by Gasteiger charge is -2.34. The Morgan fingerprint density at radius 1 is 1.08 bits per heavy atom.